The minimum Gasteiger partial charge on any atom is -0.507 e. The first-order chi connectivity index (χ1) is 11.1. The lowest BCUT2D eigenvalue weighted by atomic mass is 9.85. The fraction of sp³-hybridized carbons (Fsp3) is 0.429. The summed E-state index contributed by atoms with van der Waals surface area (Å²) in [6, 6.07) is 10.7. The predicted octanol–water partition coefficient (Wildman–Crippen LogP) is 4.00. The van der Waals surface area contributed by atoms with Crippen molar-refractivity contribution in [2.24, 2.45) is 0 Å². The Morgan fingerprint density at radius 2 is 1.75 bits per heavy atom. The van der Waals surface area contributed by atoms with Gasteiger partial charge in [-0.1, -0.05) is 53.6 Å². The largest absolute Gasteiger partial charge is 0.507 e. The van der Waals surface area contributed by atoms with Gasteiger partial charge in [0.25, 0.3) is 0 Å². The fourth-order valence-corrected chi connectivity index (χ4v) is 4.39. The Hall–Kier alpha value is -1.37. The molecule has 0 aliphatic heterocycles. The number of rotatable bonds is 4. The Bertz CT molecular complexity index is 729. The van der Waals surface area contributed by atoms with Crippen LogP contribution in [0.1, 0.15) is 43.0 Å². The van der Waals surface area contributed by atoms with E-state index in [0.717, 1.165) is 17.4 Å². The second kappa shape index (κ2) is 7.25. The van der Waals surface area contributed by atoms with Gasteiger partial charge in [-0.2, -0.15) is 0 Å². The topological polar surface area (TPSA) is 23.5 Å². The summed E-state index contributed by atoms with van der Waals surface area (Å²) in [5, 5.41) is 13.3. The van der Waals surface area contributed by atoms with Gasteiger partial charge in [0, 0.05) is 17.4 Å². The molecule has 0 saturated carbocycles. The summed E-state index contributed by atoms with van der Waals surface area (Å²) >= 11 is 0. The maximum Gasteiger partial charge on any atom is 0.127 e. The summed E-state index contributed by atoms with van der Waals surface area (Å²) in [4.78, 5) is 2.19. The van der Waals surface area contributed by atoms with Gasteiger partial charge < -0.3 is 10.0 Å². The monoisotopic (exact) mass is 343 g/mol. The molecule has 2 aromatic carbocycles. The highest BCUT2D eigenvalue weighted by Gasteiger charge is 2.21. The van der Waals surface area contributed by atoms with Crippen LogP contribution in [0, 0.1) is 13.8 Å². The van der Waals surface area contributed by atoms with E-state index < -0.39 is 0 Å². The van der Waals surface area contributed by atoms with E-state index >= 15 is 0 Å². The van der Waals surface area contributed by atoms with Crippen LogP contribution < -0.4 is 10.6 Å². The molecule has 1 unspecified atom stereocenters. The second-order valence-electron chi connectivity index (χ2n) is 7.93. The predicted molar refractivity (Wildman–Crippen MR) is 108 cm³/mol. The summed E-state index contributed by atoms with van der Waals surface area (Å²) < 4.78 is 0. The van der Waals surface area contributed by atoms with Gasteiger partial charge in [-0.3, -0.25) is 0 Å². The smallest absolute Gasteiger partial charge is 0.127 e. The molecule has 0 aliphatic rings. The van der Waals surface area contributed by atoms with Gasteiger partial charge in [-0.05, 0) is 61.4 Å². The zero-order valence-electron chi connectivity index (χ0n) is 16.0. The van der Waals surface area contributed by atoms with Gasteiger partial charge in [0.1, 0.15) is 5.75 Å². The number of phenolic OH excluding ortho intramolecular Hbond substituents is 1. The normalized spacial score (nSPS) is 12.5. The Morgan fingerprint density at radius 1 is 1.08 bits per heavy atom. The molecule has 0 radical (unpaired) electrons. The van der Waals surface area contributed by atoms with Crippen LogP contribution in [0.15, 0.2) is 30.3 Å². The van der Waals surface area contributed by atoms with Crippen LogP contribution in [0.25, 0.3) is 0 Å². The third-order valence-corrected chi connectivity index (χ3v) is 5.78. The van der Waals surface area contributed by atoms with Gasteiger partial charge in [0.2, 0.25) is 0 Å². The van der Waals surface area contributed by atoms with Crippen molar-refractivity contribution in [2.75, 3.05) is 14.1 Å². The number of phenols is 1. The number of aryl methyl sites for hydroxylation is 2. The van der Waals surface area contributed by atoms with Crippen LogP contribution in [0.3, 0.4) is 0 Å². The van der Waals surface area contributed by atoms with Crippen molar-refractivity contribution in [1.29, 1.82) is 0 Å². The lowest BCUT2D eigenvalue weighted by molar-refractivity contribution is 0.403. The second-order valence-corrected chi connectivity index (χ2v) is 9.22. The van der Waals surface area contributed by atoms with E-state index in [2.05, 4.69) is 83.9 Å². The Morgan fingerprint density at radius 3 is 2.33 bits per heavy atom. The molecule has 0 bridgehead atoms. The van der Waals surface area contributed by atoms with Crippen molar-refractivity contribution in [3.05, 3.63) is 52.6 Å². The van der Waals surface area contributed by atoms with Gasteiger partial charge in [-0.25, -0.2) is 0 Å². The van der Waals surface area contributed by atoms with Gasteiger partial charge in [0.05, 0.1) is 0 Å². The van der Waals surface area contributed by atoms with Crippen molar-refractivity contribution in [1.82, 2.24) is 4.90 Å². The minimum atomic E-state index is -0.0620. The summed E-state index contributed by atoms with van der Waals surface area (Å²) in [5.41, 5.74) is 4.83. The van der Waals surface area contributed by atoms with E-state index in [1.807, 2.05) is 0 Å². The van der Waals surface area contributed by atoms with Crippen LogP contribution in [-0.4, -0.2) is 24.1 Å². The van der Waals surface area contributed by atoms with Crippen molar-refractivity contribution in [2.45, 2.75) is 46.6 Å². The summed E-state index contributed by atoms with van der Waals surface area (Å²) in [6.07, 6.45) is 0. The fourth-order valence-electron chi connectivity index (χ4n) is 2.96. The summed E-state index contributed by atoms with van der Waals surface area (Å²) in [5.74, 6) is 0.463. The number of hydrogen-bond acceptors (Lipinski definition) is 2. The first-order valence-electron chi connectivity index (χ1n) is 8.44. The average Bonchev–Trinajstić information content (AvgIpc) is 2.44. The molecule has 0 saturated heterocycles. The zero-order valence-corrected chi connectivity index (χ0v) is 17.0. The maximum absolute atomic E-state index is 10.9. The summed E-state index contributed by atoms with van der Waals surface area (Å²) in [7, 11) is 4.66. The average molecular weight is 343 g/mol. The molecular formula is C21H30NOP. The Labute approximate surface area is 148 Å². The van der Waals surface area contributed by atoms with Gasteiger partial charge in [0.15, 0.2) is 0 Å². The quantitative estimate of drug-likeness (QED) is 0.848. The molecule has 0 aliphatic carbocycles. The Balaban J connectivity index is 2.51. The molecule has 2 rings (SSSR count). The molecular weight excluding hydrogens is 313 g/mol. The number of benzene rings is 2. The van der Waals surface area contributed by atoms with Crippen LogP contribution in [0.4, 0.5) is 0 Å². The standard InChI is InChI=1S/C21H30NOP/c1-14-11-17(21(3,4)5)19(23)18(12-14)24-20-15(2)9-8-10-16(20)13-22(6)7/h8-12,23-24H,13H2,1-7H3. The first-order valence-corrected chi connectivity index (χ1v) is 9.44. The maximum atomic E-state index is 10.9. The molecule has 1 N–H and O–H groups in total. The Kier molecular flexibility index (Phi) is 5.73. The van der Waals surface area contributed by atoms with Crippen molar-refractivity contribution < 1.29 is 5.11 Å². The van der Waals surface area contributed by atoms with Gasteiger partial charge in [-0.15, -0.1) is 0 Å². The van der Waals surface area contributed by atoms with Crippen molar-refractivity contribution >= 4 is 19.2 Å². The number of aromatic hydroxyl groups is 1. The van der Waals surface area contributed by atoms with Crippen LogP contribution >= 0.6 is 8.58 Å². The van der Waals surface area contributed by atoms with Crippen molar-refractivity contribution in [3.63, 3.8) is 0 Å². The zero-order chi connectivity index (χ0) is 18.1. The van der Waals surface area contributed by atoms with Gasteiger partial charge >= 0.3 is 0 Å². The van der Waals surface area contributed by atoms with Crippen molar-refractivity contribution in [3.8, 4) is 5.75 Å². The van der Waals surface area contributed by atoms with E-state index in [4.69, 9.17) is 0 Å². The lowest BCUT2D eigenvalue weighted by Gasteiger charge is -2.24. The minimum absolute atomic E-state index is 0.0620. The first kappa shape index (κ1) is 19.0. The van der Waals surface area contributed by atoms with E-state index in [-0.39, 0.29) is 5.41 Å². The van der Waals surface area contributed by atoms with E-state index in [1.165, 1.54) is 22.0 Å². The third-order valence-electron chi connectivity index (χ3n) is 4.17. The molecule has 1 atom stereocenters. The lowest BCUT2D eigenvalue weighted by Crippen LogP contribution is -2.21. The number of hydrogen-bond donors (Lipinski definition) is 1. The molecule has 2 aromatic rings. The molecule has 3 heteroatoms. The van der Waals surface area contributed by atoms with E-state index in [9.17, 15) is 5.11 Å². The molecule has 24 heavy (non-hydrogen) atoms. The van der Waals surface area contributed by atoms with Crippen LogP contribution in [-0.2, 0) is 12.0 Å². The summed E-state index contributed by atoms with van der Waals surface area (Å²) in [6.45, 7) is 11.7. The SMILES string of the molecule is Cc1cc(Pc2c(C)cccc2CN(C)C)c(O)c(C(C)(C)C)c1. The number of nitrogens with zero attached hydrogens (tertiary/aromatic N) is 1. The molecule has 130 valence electrons. The molecule has 0 fully saturated rings. The third kappa shape index (κ3) is 4.37. The molecule has 0 heterocycles. The highest BCUT2D eigenvalue weighted by Crippen LogP contribution is 2.33. The van der Waals surface area contributed by atoms with Crippen LogP contribution in [0.2, 0.25) is 0 Å². The molecule has 2 nitrogen and oxygen atoms in total. The molecule has 0 amide bonds. The highest BCUT2D eigenvalue weighted by molar-refractivity contribution is 7.56. The molecule has 0 aromatic heterocycles. The van der Waals surface area contributed by atoms with E-state index in [1.54, 1.807) is 0 Å². The molecule has 0 spiro atoms. The van der Waals surface area contributed by atoms with Crippen LogP contribution in [0.5, 0.6) is 5.75 Å². The van der Waals surface area contributed by atoms with E-state index in [0.29, 0.717) is 14.3 Å². The highest BCUT2D eigenvalue weighted by atomic mass is 31.1.